The summed E-state index contributed by atoms with van der Waals surface area (Å²) < 4.78 is 5.04. The molecule has 0 aromatic carbocycles. The largest absolute Gasteiger partial charge is 0.507 e. The van der Waals surface area contributed by atoms with Crippen LogP contribution in [0, 0.1) is 0 Å². The molecule has 0 fully saturated rings. The number of carbonyl (C=O) groups excluding carboxylic acids is 1. The minimum atomic E-state index is -0.558. The highest BCUT2D eigenvalue weighted by Crippen LogP contribution is 2.32. The molecule has 0 saturated heterocycles. The number of aromatic nitrogens is 1. The minimum absolute atomic E-state index is 0.0907. The lowest BCUT2D eigenvalue weighted by Crippen LogP contribution is -2.34. The van der Waals surface area contributed by atoms with Gasteiger partial charge in [0.25, 0.3) is 0 Å². The zero-order valence-electron chi connectivity index (χ0n) is 13.0. The molecule has 0 saturated carbocycles. The maximum atomic E-state index is 12.1. The summed E-state index contributed by atoms with van der Waals surface area (Å²) in [5.41, 5.74) is 1.56. The topological polar surface area (TPSA) is 62.7 Å². The molecule has 0 amide bonds. The average Bonchev–Trinajstić information content (AvgIpc) is 2.55. The Hall–Kier alpha value is -2.82. The van der Waals surface area contributed by atoms with Gasteiger partial charge in [0.05, 0.1) is 17.7 Å². The van der Waals surface area contributed by atoms with Crippen LogP contribution in [0.5, 0.6) is 0 Å². The number of hydrogen-bond acceptors (Lipinski definition) is 5. The molecule has 0 radical (unpaired) electrons. The molecule has 120 valence electrons. The van der Waals surface area contributed by atoms with E-state index in [1.54, 1.807) is 24.3 Å². The predicted molar refractivity (Wildman–Crippen MR) is 91.3 cm³/mol. The van der Waals surface area contributed by atoms with Gasteiger partial charge in [-0.3, -0.25) is 0 Å². The zero-order valence-corrected chi connectivity index (χ0v) is 13.0. The van der Waals surface area contributed by atoms with Crippen LogP contribution < -0.4 is 4.90 Å². The van der Waals surface area contributed by atoms with Gasteiger partial charge in [0, 0.05) is 18.7 Å². The van der Waals surface area contributed by atoms with Crippen LogP contribution >= 0.6 is 0 Å². The molecule has 0 aliphatic carbocycles. The van der Waals surface area contributed by atoms with Crippen molar-refractivity contribution in [2.24, 2.45) is 0 Å². The quantitative estimate of drug-likeness (QED) is 0.619. The third-order valence-electron chi connectivity index (χ3n) is 3.40. The van der Waals surface area contributed by atoms with Crippen molar-refractivity contribution in [1.82, 2.24) is 4.98 Å². The van der Waals surface area contributed by atoms with Crippen LogP contribution in [0.3, 0.4) is 0 Å². The van der Waals surface area contributed by atoms with E-state index in [2.05, 4.69) is 24.7 Å². The Kier molecular flexibility index (Phi) is 5.36. The smallest absolute Gasteiger partial charge is 0.339 e. The average molecular weight is 312 g/mol. The number of esters is 1. The van der Waals surface area contributed by atoms with Crippen LogP contribution in [0.25, 0.3) is 5.76 Å². The van der Waals surface area contributed by atoms with Crippen LogP contribution in [0.15, 0.2) is 55.7 Å². The highest BCUT2D eigenvalue weighted by atomic mass is 16.5. The van der Waals surface area contributed by atoms with E-state index in [0.717, 1.165) is 5.69 Å². The van der Waals surface area contributed by atoms with Crippen molar-refractivity contribution in [1.29, 1.82) is 0 Å². The Morgan fingerprint density at radius 3 is 2.74 bits per heavy atom. The molecule has 23 heavy (non-hydrogen) atoms. The minimum Gasteiger partial charge on any atom is -0.507 e. The monoisotopic (exact) mass is 312 g/mol. The molecule has 0 spiro atoms. The van der Waals surface area contributed by atoms with Crippen LogP contribution in [-0.2, 0) is 16.0 Å². The van der Waals surface area contributed by atoms with E-state index in [1.807, 2.05) is 4.90 Å². The summed E-state index contributed by atoms with van der Waals surface area (Å²) in [4.78, 5) is 18.6. The number of nitrogens with zero attached hydrogens (tertiary/aromatic N) is 2. The molecule has 1 aromatic rings. The molecule has 1 aromatic heterocycles. The van der Waals surface area contributed by atoms with Gasteiger partial charge in [0.2, 0.25) is 0 Å². The number of pyridine rings is 1. The number of carbonyl (C=O) groups is 1. The Bertz CT molecular complexity index is 677. The van der Waals surface area contributed by atoms with Gasteiger partial charge in [-0.05, 0) is 12.1 Å². The first-order chi connectivity index (χ1) is 11.1. The number of hydrogen-bond donors (Lipinski definition) is 1. The molecular formula is C18H20N2O3. The van der Waals surface area contributed by atoms with Crippen LogP contribution in [-0.4, -0.2) is 35.8 Å². The van der Waals surface area contributed by atoms with E-state index < -0.39 is 5.97 Å². The first kappa shape index (κ1) is 16.5. The van der Waals surface area contributed by atoms with Gasteiger partial charge in [-0.25, -0.2) is 9.78 Å². The van der Waals surface area contributed by atoms with Gasteiger partial charge < -0.3 is 14.7 Å². The van der Waals surface area contributed by atoms with E-state index in [0.29, 0.717) is 24.3 Å². The third kappa shape index (κ3) is 3.51. The zero-order chi connectivity index (χ0) is 16.8. The number of aliphatic hydroxyl groups is 1. The summed E-state index contributed by atoms with van der Waals surface area (Å²) in [5.74, 6) is -0.0219. The van der Waals surface area contributed by atoms with Gasteiger partial charge in [-0.1, -0.05) is 24.8 Å². The maximum absolute atomic E-state index is 12.1. The summed E-state index contributed by atoms with van der Waals surface area (Å²) >= 11 is 0. The van der Waals surface area contributed by atoms with Crippen LogP contribution in [0.2, 0.25) is 0 Å². The second kappa shape index (κ2) is 7.45. The van der Waals surface area contributed by atoms with Gasteiger partial charge in [0.1, 0.15) is 18.2 Å². The van der Waals surface area contributed by atoms with E-state index in [-0.39, 0.29) is 24.5 Å². The molecule has 0 atom stereocenters. The SMILES string of the molecule is C=CCOC(=O)C1=C(O)c2ccc(CC=C)nc2N(CC=C)C1. The standard InChI is InChI=1S/C18H20N2O3/c1-4-7-13-8-9-14-16(21)15(18(22)23-11-6-3)12-20(10-5-2)17(14)19-13/h4-6,8-9,21H,1-3,7,10-12H2. The van der Waals surface area contributed by atoms with E-state index in [1.165, 1.54) is 6.08 Å². The molecule has 1 N–H and O–H groups in total. The molecule has 5 nitrogen and oxygen atoms in total. The summed E-state index contributed by atoms with van der Waals surface area (Å²) in [6.07, 6.45) is 5.61. The second-order valence-corrected chi connectivity index (χ2v) is 5.05. The number of ether oxygens (including phenoxy) is 1. The van der Waals surface area contributed by atoms with Crippen molar-refractivity contribution >= 4 is 17.5 Å². The predicted octanol–water partition coefficient (Wildman–Crippen LogP) is 2.81. The van der Waals surface area contributed by atoms with Crippen molar-refractivity contribution in [2.75, 3.05) is 24.6 Å². The lowest BCUT2D eigenvalue weighted by atomic mass is 10.0. The van der Waals surface area contributed by atoms with Crippen LogP contribution in [0.1, 0.15) is 11.3 Å². The van der Waals surface area contributed by atoms with Gasteiger partial charge >= 0.3 is 5.97 Å². The van der Waals surface area contributed by atoms with Crippen molar-refractivity contribution in [3.05, 3.63) is 66.9 Å². The summed E-state index contributed by atoms with van der Waals surface area (Å²) in [6.45, 7) is 11.8. The number of fused-ring (bicyclic) bond motifs is 1. The number of rotatable bonds is 7. The fourth-order valence-electron chi connectivity index (χ4n) is 2.37. The number of allylic oxidation sites excluding steroid dienone is 1. The first-order valence-electron chi connectivity index (χ1n) is 7.29. The summed E-state index contributed by atoms with van der Waals surface area (Å²) in [6, 6.07) is 3.56. The van der Waals surface area contributed by atoms with Gasteiger partial charge in [-0.15, -0.1) is 13.2 Å². The number of aliphatic hydroxyl groups excluding tert-OH is 1. The normalized spacial score (nSPS) is 13.3. The summed E-state index contributed by atoms with van der Waals surface area (Å²) in [5, 5.41) is 10.4. The third-order valence-corrected chi connectivity index (χ3v) is 3.40. The maximum Gasteiger partial charge on any atom is 0.339 e. The van der Waals surface area contributed by atoms with E-state index in [4.69, 9.17) is 4.74 Å². The fraction of sp³-hybridized carbons (Fsp3) is 0.222. The van der Waals surface area contributed by atoms with E-state index in [9.17, 15) is 9.90 Å². The first-order valence-corrected chi connectivity index (χ1v) is 7.29. The summed E-state index contributed by atoms with van der Waals surface area (Å²) in [7, 11) is 0. The molecule has 1 aliphatic heterocycles. The highest BCUT2D eigenvalue weighted by molar-refractivity contribution is 5.99. The highest BCUT2D eigenvalue weighted by Gasteiger charge is 2.29. The lowest BCUT2D eigenvalue weighted by Gasteiger charge is -2.30. The van der Waals surface area contributed by atoms with Crippen molar-refractivity contribution < 1.29 is 14.6 Å². The van der Waals surface area contributed by atoms with Crippen molar-refractivity contribution in [3.63, 3.8) is 0 Å². The molecule has 5 heteroatoms. The Labute approximate surface area is 135 Å². The second-order valence-electron chi connectivity index (χ2n) is 5.05. The fourth-order valence-corrected chi connectivity index (χ4v) is 2.37. The molecule has 0 bridgehead atoms. The Morgan fingerprint density at radius 1 is 1.30 bits per heavy atom. The molecule has 2 rings (SSSR count). The van der Waals surface area contributed by atoms with Crippen LogP contribution in [0.4, 0.5) is 5.82 Å². The number of anilines is 1. The van der Waals surface area contributed by atoms with Crippen molar-refractivity contribution in [3.8, 4) is 0 Å². The van der Waals surface area contributed by atoms with E-state index >= 15 is 0 Å². The molecule has 0 unspecified atom stereocenters. The molecule has 1 aliphatic rings. The molecular weight excluding hydrogens is 292 g/mol. The lowest BCUT2D eigenvalue weighted by molar-refractivity contribution is -0.137. The van der Waals surface area contributed by atoms with Gasteiger partial charge in [-0.2, -0.15) is 0 Å². The van der Waals surface area contributed by atoms with Gasteiger partial charge in [0.15, 0.2) is 0 Å². The molecule has 2 heterocycles. The Balaban J connectivity index is 2.45. The Morgan fingerprint density at radius 2 is 2.09 bits per heavy atom. The van der Waals surface area contributed by atoms with Crippen molar-refractivity contribution in [2.45, 2.75) is 6.42 Å².